The van der Waals surface area contributed by atoms with E-state index in [0.717, 1.165) is 11.3 Å². The molecule has 2 N–H and O–H groups in total. The van der Waals surface area contributed by atoms with Gasteiger partial charge in [0.05, 0.1) is 6.54 Å². The number of carbonyl (C=O) groups excluding carboxylic acids is 2. The first-order valence-corrected chi connectivity index (χ1v) is 7.30. The number of hydrogen-bond acceptors (Lipinski definition) is 2. The van der Waals surface area contributed by atoms with Crippen LogP contribution in [0.5, 0.6) is 0 Å². The number of benzene rings is 1. The van der Waals surface area contributed by atoms with E-state index in [2.05, 4.69) is 22.5 Å². The lowest BCUT2D eigenvalue weighted by molar-refractivity contribution is -0.128. The summed E-state index contributed by atoms with van der Waals surface area (Å²) in [4.78, 5) is 24.9. The van der Waals surface area contributed by atoms with Gasteiger partial charge in [-0.3, -0.25) is 9.69 Å². The second-order valence-corrected chi connectivity index (χ2v) is 6.16. The monoisotopic (exact) mass is 299 g/mol. The van der Waals surface area contributed by atoms with Crippen molar-refractivity contribution in [3.63, 3.8) is 0 Å². The molecule has 3 amide bonds. The van der Waals surface area contributed by atoms with Gasteiger partial charge in [-0.25, -0.2) is 4.79 Å². The molecule has 1 aliphatic heterocycles. The Morgan fingerprint density at radius 3 is 2.55 bits per heavy atom. The Kier molecular flexibility index (Phi) is 4.71. The van der Waals surface area contributed by atoms with Crippen molar-refractivity contribution >= 4 is 17.6 Å². The smallest absolute Gasteiger partial charge is 0.321 e. The van der Waals surface area contributed by atoms with E-state index in [1.54, 1.807) is 4.90 Å². The lowest BCUT2D eigenvalue weighted by Gasteiger charge is -2.16. The third kappa shape index (κ3) is 4.01. The fourth-order valence-corrected chi connectivity index (χ4v) is 1.98. The summed E-state index contributed by atoms with van der Waals surface area (Å²) in [5, 5.41) is 5.55. The van der Waals surface area contributed by atoms with Crippen molar-refractivity contribution in [3.8, 4) is 11.8 Å². The Hall–Kier alpha value is -2.48. The summed E-state index contributed by atoms with van der Waals surface area (Å²) in [5.74, 6) is 5.91. The average molecular weight is 299 g/mol. The lowest BCUT2D eigenvalue weighted by atomic mass is 9.96. The van der Waals surface area contributed by atoms with Crippen molar-refractivity contribution in [1.29, 1.82) is 0 Å². The van der Waals surface area contributed by atoms with Gasteiger partial charge in [0.15, 0.2) is 0 Å². The molecule has 0 spiro atoms. The van der Waals surface area contributed by atoms with Gasteiger partial charge in [-0.05, 0) is 24.3 Å². The molecule has 1 fully saturated rings. The van der Waals surface area contributed by atoms with E-state index in [-0.39, 0.29) is 11.9 Å². The number of hydrogen-bond donors (Lipinski definition) is 2. The van der Waals surface area contributed by atoms with Gasteiger partial charge in [0.25, 0.3) is 0 Å². The highest BCUT2D eigenvalue weighted by molar-refractivity contribution is 5.94. The molecule has 1 aromatic carbocycles. The summed E-state index contributed by atoms with van der Waals surface area (Å²) < 4.78 is 0. The Balaban J connectivity index is 1.91. The topological polar surface area (TPSA) is 61.4 Å². The maximum Gasteiger partial charge on any atom is 0.321 e. The van der Waals surface area contributed by atoms with Crippen LogP contribution in [0.4, 0.5) is 10.5 Å². The van der Waals surface area contributed by atoms with Gasteiger partial charge in [0.1, 0.15) is 0 Å². The fraction of sp³-hybridized carbons (Fsp3) is 0.412. The van der Waals surface area contributed by atoms with Gasteiger partial charge in [-0.1, -0.05) is 32.6 Å². The molecule has 0 bridgehead atoms. The minimum atomic E-state index is -0.403. The second-order valence-electron chi connectivity index (χ2n) is 6.16. The molecule has 1 heterocycles. The van der Waals surface area contributed by atoms with Crippen LogP contribution in [0.1, 0.15) is 26.3 Å². The van der Waals surface area contributed by atoms with Crippen molar-refractivity contribution < 1.29 is 9.59 Å². The Morgan fingerprint density at radius 2 is 2.00 bits per heavy atom. The molecular formula is C17H21N3O2. The van der Waals surface area contributed by atoms with Gasteiger partial charge < -0.3 is 10.6 Å². The summed E-state index contributed by atoms with van der Waals surface area (Å²) in [6, 6.07) is 7.44. The SMILES string of the molecule is CC(C)(C)C(=O)NCC#Cc1ccc(N2CCNC2=O)cc1. The zero-order valence-corrected chi connectivity index (χ0v) is 13.2. The molecule has 0 aliphatic carbocycles. The summed E-state index contributed by atoms with van der Waals surface area (Å²) >= 11 is 0. The molecule has 116 valence electrons. The number of urea groups is 1. The highest BCUT2D eigenvalue weighted by Gasteiger charge is 2.21. The average Bonchev–Trinajstić information content (AvgIpc) is 2.89. The van der Waals surface area contributed by atoms with E-state index < -0.39 is 5.41 Å². The first-order valence-electron chi connectivity index (χ1n) is 7.30. The predicted octanol–water partition coefficient (Wildman–Crippen LogP) is 1.73. The molecule has 0 radical (unpaired) electrons. The van der Waals surface area contributed by atoms with Crippen molar-refractivity contribution in [2.75, 3.05) is 24.5 Å². The van der Waals surface area contributed by atoms with E-state index in [0.29, 0.717) is 19.6 Å². The van der Waals surface area contributed by atoms with Crippen molar-refractivity contribution in [3.05, 3.63) is 29.8 Å². The van der Waals surface area contributed by atoms with E-state index >= 15 is 0 Å². The minimum Gasteiger partial charge on any atom is -0.345 e. The molecule has 1 aliphatic rings. The van der Waals surface area contributed by atoms with E-state index in [4.69, 9.17) is 0 Å². The second kappa shape index (κ2) is 6.52. The first kappa shape index (κ1) is 15.9. The van der Waals surface area contributed by atoms with Gasteiger partial charge >= 0.3 is 6.03 Å². The number of rotatable bonds is 2. The summed E-state index contributed by atoms with van der Waals surface area (Å²) in [6.45, 7) is 7.28. The third-order valence-corrected chi connectivity index (χ3v) is 3.29. The molecule has 0 unspecified atom stereocenters. The fourth-order valence-electron chi connectivity index (χ4n) is 1.98. The lowest BCUT2D eigenvalue weighted by Crippen LogP contribution is -2.34. The van der Waals surface area contributed by atoms with Crippen LogP contribution in [0.25, 0.3) is 0 Å². The number of amides is 3. The van der Waals surface area contributed by atoms with Crippen LogP contribution in [0.15, 0.2) is 24.3 Å². The normalized spacial score (nSPS) is 14.1. The summed E-state index contributed by atoms with van der Waals surface area (Å²) in [6.07, 6.45) is 0. The van der Waals surface area contributed by atoms with Crippen LogP contribution in [0.3, 0.4) is 0 Å². The van der Waals surface area contributed by atoms with E-state index in [1.165, 1.54) is 0 Å². The number of nitrogens with one attached hydrogen (secondary N) is 2. The largest absolute Gasteiger partial charge is 0.345 e. The molecule has 2 rings (SSSR count). The zero-order chi connectivity index (χ0) is 16.2. The summed E-state index contributed by atoms with van der Waals surface area (Å²) in [7, 11) is 0. The quantitative estimate of drug-likeness (QED) is 0.817. The third-order valence-electron chi connectivity index (χ3n) is 3.29. The predicted molar refractivity (Wildman–Crippen MR) is 86.5 cm³/mol. The van der Waals surface area contributed by atoms with Crippen molar-refractivity contribution in [1.82, 2.24) is 10.6 Å². The maximum absolute atomic E-state index is 11.7. The highest BCUT2D eigenvalue weighted by atomic mass is 16.2. The Labute approximate surface area is 131 Å². The Morgan fingerprint density at radius 1 is 1.32 bits per heavy atom. The van der Waals surface area contributed by atoms with E-state index in [9.17, 15) is 9.59 Å². The van der Waals surface area contributed by atoms with Crippen LogP contribution in [0, 0.1) is 17.3 Å². The molecule has 5 heteroatoms. The number of anilines is 1. The van der Waals surface area contributed by atoms with Crippen LogP contribution in [0.2, 0.25) is 0 Å². The standard InChI is InChI=1S/C17H21N3O2/c1-17(2,3)15(21)18-10-4-5-13-6-8-14(9-7-13)20-12-11-19-16(20)22/h6-9H,10-12H2,1-3H3,(H,18,21)(H,19,22). The van der Waals surface area contributed by atoms with Crippen molar-refractivity contribution in [2.24, 2.45) is 5.41 Å². The van der Waals surface area contributed by atoms with Crippen LogP contribution in [-0.2, 0) is 4.79 Å². The summed E-state index contributed by atoms with van der Waals surface area (Å²) in [5.41, 5.74) is 1.31. The molecule has 5 nitrogen and oxygen atoms in total. The van der Waals surface area contributed by atoms with Gasteiger partial charge in [0, 0.05) is 29.8 Å². The molecule has 1 aromatic rings. The number of nitrogens with zero attached hydrogens (tertiary/aromatic N) is 1. The van der Waals surface area contributed by atoms with Crippen LogP contribution >= 0.6 is 0 Å². The van der Waals surface area contributed by atoms with E-state index in [1.807, 2.05) is 45.0 Å². The van der Waals surface area contributed by atoms with Gasteiger partial charge in [0.2, 0.25) is 5.91 Å². The Bertz CT molecular complexity index is 618. The van der Waals surface area contributed by atoms with Gasteiger partial charge in [-0.15, -0.1) is 0 Å². The molecule has 22 heavy (non-hydrogen) atoms. The number of carbonyl (C=O) groups is 2. The molecular weight excluding hydrogens is 278 g/mol. The van der Waals surface area contributed by atoms with Crippen LogP contribution in [-0.4, -0.2) is 31.6 Å². The zero-order valence-electron chi connectivity index (χ0n) is 13.2. The molecule has 1 saturated heterocycles. The minimum absolute atomic E-state index is 0.0165. The first-order chi connectivity index (χ1) is 10.4. The highest BCUT2D eigenvalue weighted by Crippen LogP contribution is 2.16. The molecule has 0 saturated carbocycles. The van der Waals surface area contributed by atoms with Crippen LogP contribution < -0.4 is 15.5 Å². The van der Waals surface area contributed by atoms with Gasteiger partial charge in [-0.2, -0.15) is 0 Å². The molecule has 0 atom stereocenters. The maximum atomic E-state index is 11.7. The molecule has 0 aromatic heterocycles. The van der Waals surface area contributed by atoms with Crippen molar-refractivity contribution in [2.45, 2.75) is 20.8 Å².